The zero-order valence-electron chi connectivity index (χ0n) is 26.8. The van der Waals surface area contributed by atoms with E-state index < -0.39 is 54.4 Å². The van der Waals surface area contributed by atoms with Gasteiger partial charge in [-0.15, -0.1) is 0 Å². The zero-order chi connectivity index (χ0) is 33.3. The van der Waals surface area contributed by atoms with E-state index in [0.29, 0.717) is 43.0 Å². The van der Waals surface area contributed by atoms with Gasteiger partial charge >= 0.3 is 12.1 Å². The number of primary amides is 1. The number of ether oxygens (including phenoxy) is 1. The highest BCUT2D eigenvalue weighted by Crippen LogP contribution is 2.49. The summed E-state index contributed by atoms with van der Waals surface area (Å²) in [5.74, 6) is -2.79. The molecule has 12 heteroatoms. The van der Waals surface area contributed by atoms with Gasteiger partial charge in [-0.3, -0.25) is 9.59 Å². The molecule has 3 fully saturated rings. The van der Waals surface area contributed by atoms with Gasteiger partial charge in [-0.2, -0.15) is 0 Å². The van der Waals surface area contributed by atoms with Gasteiger partial charge < -0.3 is 30.4 Å². The molecule has 4 N–H and O–H groups in total. The standard InChI is InChI=1S/C34H46ClFN4O6/c1-34(2,3)46-33(45)38-24(18-36)20-13-15-21(16-14-20)31(42)40-26(17-23(28(40)30(37)41)19-9-5-4-6-10-19)39-25-12-8-7-11-22(25)27(35)29(39)32(43)44/h7-8,11-12,19-21,23-24,26,28H,4-6,9-10,13-18H2,1-3H3,(H2,37,41)(H,38,45)(H,43,44)/t20-,21-,23-,24?,26?,28-/m0/s1. The average molecular weight is 661 g/mol. The summed E-state index contributed by atoms with van der Waals surface area (Å²) in [6.07, 6.45) is 5.78. The predicted molar refractivity (Wildman–Crippen MR) is 172 cm³/mol. The molecule has 1 aliphatic heterocycles. The molecule has 5 rings (SSSR count). The Morgan fingerprint density at radius 2 is 1.72 bits per heavy atom. The Morgan fingerprint density at radius 1 is 1.07 bits per heavy atom. The van der Waals surface area contributed by atoms with Crippen molar-refractivity contribution >= 4 is 46.4 Å². The summed E-state index contributed by atoms with van der Waals surface area (Å²) >= 11 is 6.66. The minimum Gasteiger partial charge on any atom is -0.477 e. The van der Waals surface area contributed by atoms with Crippen molar-refractivity contribution in [3.8, 4) is 0 Å². The van der Waals surface area contributed by atoms with E-state index in [1.807, 2.05) is 0 Å². The number of nitrogens with zero attached hydrogens (tertiary/aromatic N) is 2. The molecule has 2 aliphatic carbocycles. The van der Waals surface area contributed by atoms with Crippen molar-refractivity contribution in [1.29, 1.82) is 0 Å². The van der Waals surface area contributed by atoms with Gasteiger partial charge in [0.2, 0.25) is 11.8 Å². The van der Waals surface area contributed by atoms with Crippen molar-refractivity contribution in [2.24, 2.45) is 29.4 Å². The first-order valence-corrected chi connectivity index (χ1v) is 16.9. The number of hydrogen-bond donors (Lipinski definition) is 3. The number of alkyl halides is 1. The molecule has 0 bridgehead atoms. The molecular formula is C34H46ClFN4O6. The fourth-order valence-electron chi connectivity index (χ4n) is 8.20. The summed E-state index contributed by atoms with van der Waals surface area (Å²) < 4.78 is 21.0. The lowest BCUT2D eigenvalue weighted by Gasteiger charge is -2.38. The van der Waals surface area contributed by atoms with Crippen molar-refractivity contribution < 1.29 is 33.4 Å². The molecular weight excluding hydrogens is 615 g/mol. The molecule has 3 amide bonds. The lowest BCUT2D eigenvalue weighted by Crippen LogP contribution is -2.52. The van der Waals surface area contributed by atoms with Gasteiger partial charge in [0.1, 0.15) is 30.2 Å². The number of hydrogen-bond acceptors (Lipinski definition) is 5. The number of carbonyl (C=O) groups excluding carboxylic acids is 3. The van der Waals surface area contributed by atoms with Crippen LogP contribution in [0.15, 0.2) is 24.3 Å². The van der Waals surface area contributed by atoms with Gasteiger partial charge in [-0.25, -0.2) is 14.0 Å². The lowest BCUT2D eigenvalue weighted by molar-refractivity contribution is -0.146. The molecule has 2 saturated carbocycles. The highest BCUT2D eigenvalue weighted by Gasteiger charge is 2.52. The number of nitrogens with two attached hydrogens (primary N) is 1. The molecule has 2 aromatic rings. The summed E-state index contributed by atoms with van der Waals surface area (Å²) in [5.41, 5.74) is 5.83. The first-order valence-electron chi connectivity index (χ1n) is 16.5. The molecule has 1 aromatic carbocycles. The number of carbonyl (C=O) groups is 4. The number of nitrogens with one attached hydrogen (secondary N) is 1. The van der Waals surface area contributed by atoms with E-state index in [1.54, 1.807) is 54.5 Å². The van der Waals surface area contributed by atoms with Crippen LogP contribution in [-0.2, 0) is 14.3 Å². The summed E-state index contributed by atoms with van der Waals surface area (Å²) in [4.78, 5) is 54.5. The summed E-state index contributed by atoms with van der Waals surface area (Å²) in [7, 11) is 0. The van der Waals surface area contributed by atoms with E-state index in [1.165, 1.54) is 0 Å². The van der Waals surface area contributed by atoms with E-state index in [-0.39, 0.29) is 34.4 Å². The van der Waals surface area contributed by atoms with Gasteiger partial charge in [-0.1, -0.05) is 61.9 Å². The summed E-state index contributed by atoms with van der Waals surface area (Å²) in [6.45, 7) is 4.45. The molecule has 4 atom stereocenters. The van der Waals surface area contributed by atoms with Crippen LogP contribution in [0.3, 0.4) is 0 Å². The molecule has 46 heavy (non-hydrogen) atoms. The fourth-order valence-corrected chi connectivity index (χ4v) is 8.53. The second-order valence-corrected chi connectivity index (χ2v) is 14.6. The second-order valence-electron chi connectivity index (χ2n) is 14.2. The van der Waals surface area contributed by atoms with Crippen LogP contribution in [0.25, 0.3) is 10.9 Å². The van der Waals surface area contributed by atoms with E-state index >= 15 is 0 Å². The predicted octanol–water partition coefficient (Wildman–Crippen LogP) is 6.44. The van der Waals surface area contributed by atoms with Crippen molar-refractivity contribution in [3.63, 3.8) is 0 Å². The summed E-state index contributed by atoms with van der Waals surface area (Å²) in [6, 6.07) is 5.46. The number of benzene rings is 1. The monoisotopic (exact) mass is 660 g/mol. The molecule has 2 heterocycles. The number of amides is 3. The van der Waals surface area contributed by atoms with E-state index in [0.717, 1.165) is 32.1 Å². The molecule has 1 saturated heterocycles. The third kappa shape index (κ3) is 6.85. The number of aromatic nitrogens is 1. The third-order valence-corrected chi connectivity index (χ3v) is 10.6. The number of fused-ring (bicyclic) bond motifs is 1. The van der Waals surface area contributed by atoms with Gasteiger partial charge in [0, 0.05) is 11.3 Å². The number of carboxylic acids is 1. The Labute approximate surface area is 274 Å². The topological polar surface area (TPSA) is 144 Å². The quantitative estimate of drug-likeness (QED) is 0.297. The van der Waals surface area contributed by atoms with Crippen molar-refractivity contribution in [1.82, 2.24) is 14.8 Å². The molecule has 10 nitrogen and oxygen atoms in total. The maximum absolute atomic E-state index is 14.6. The number of rotatable bonds is 8. The van der Waals surface area contributed by atoms with Crippen LogP contribution in [0.2, 0.25) is 5.02 Å². The number of likely N-dealkylation sites (tertiary alicyclic amines) is 1. The largest absolute Gasteiger partial charge is 0.477 e. The number of para-hydroxylation sites is 1. The fraction of sp³-hybridized carbons (Fsp3) is 0.647. The molecule has 2 unspecified atom stereocenters. The Balaban J connectivity index is 1.46. The van der Waals surface area contributed by atoms with E-state index in [2.05, 4.69) is 5.32 Å². The van der Waals surface area contributed by atoms with Crippen LogP contribution < -0.4 is 11.1 Å². The average Bonchev–Trinajstić information content (AvgIpc) is 3.55. The number of aromatic carboxylic acids is 1. The first-order chi connectivity index (χ1) is 21.8. The Kier molecular flexibility index (Phi) is 10.2. The number of carboxylic acid groups (broad SMARTS) is 1. The minimum atomic E-state index is -1.22. The lowest BCUT2D eigenvalue weighted by atomic mass is 9.76. The van der Waals surface area contributed by atoms with Crippen LogP contribution in [0.5, 0.6) is 0 Å². The molecule has 3 aliphatic rings. The SMILES string of the molecule is CC(C)(C)OC(=O)NC(CF)[C@H]1CC[C@H](C(=O)N2C(n3c(C(=O)O)c(Cl)c4ccccc43)C[C@@H](C3CCCCC3)[C@H]2C(N)=O)CC1. The van der Waals surface area contributed by atoms with Gasteiger partial charge in [-0.05, 0) is 76.7 Å². The smallest absolute Gasteiger partial charge is 0.407 e. The normalized spacial score (nSPS) is 26.5. The van der Waals surface area contributed by atoms with Gasteiger partial charge in [0.15, 0.2) is 0 Å². The second kappa shape index (κ2) is 13.8. The molecule has 252 valence electrons. The number of halogens is 2. The highest BCUT2D eigenvalue weighted by atomic mass is 35.5. The van der Waals surface area contributed by atoms with Crippen LogP contribution in [0.1, 0.15) is 102 Å². The highest BCUT2D eigenvalue weighted by molar-refractivity contribution is 6.38. The molecule has 1 aromatic heterocycles. The van der Waals surface area contributed by atoms with Crippen molar-refractivity contribution in [2.75, 3.05) is 6.67 Å². The van der Waals surface area contributed by atoms with Crippen LogP contribution in [0, 0.1) is 23.7 Å². The number of alkyl carbamates (subject to hydrolysis) is 1. The maximum atomic E-state index is 14.6. The molecule has 0 radical (unpaired) electrons. The van der Waals surface area contributed by atoms with Gasteiger partial charge in [0.05, 0.1) is 16.6 Å². The zero-order valence-corrected chi connectivity index (χ0v) is 27.6. The summed E-state index contributed by atoms with van der Waals surface area (Å²) in [5, 5.41) is 13.6. The van der Waals surface area contributed by atoms with Crippen molar-refractivity contribution in [2.45, 2.75) is 109 Å². The van der Waals surface area contributed by atoms with E-state index in [4.69, 9.17) is 22.1 Å². The first kappa shape index (κ1) is 34.0. The van der Waals surface area contributed by atoms with Crippen LogP contribution >= 0.6 is 11.6 Å². The third-order valence-electron chi connectivity index (χ3n) is 10.2. The molecule has 0 spiro atoms. The van der Waals surface area contributed by atoms with Crippen LogP contribution in [-0.4, -0.2) is 62.8 Å². The van der Waals surface area contributed by atoms with Crippen LogP contribution in [0.4, 0.5) is 9.18 Å². The Hall–Kier alpha value is -3.34. The van der Waals surface area contributed by atoms with Crippen molar-refractivity contribution in [3.05, 3.63) is 35.0 Å². The Bertz CT molecular complexity index is 1460. The Morgan fingerprint density at radius 3 is 2.30 bits per heavy atom. The van der Waals surface area contributed by atoms with E-state index in [9.17, 15) is 28.7 Å². The maximum Gasteiger partial charge on any atom is 0.407 e. The minimum absolute atomic E-state index is 0.0856. The van der Waals surface area contributed by atoms with Gasteiger partial charge in [0.25, 0.3) is 0 Å².